The Bertz CT molecular complexity index is 364. The van der Waals surface area contributed by atoms with Crippen molar-refractivity contribution in [1.82, 2.24) is 5.32 Å². The lowest BCUT2D eigenvalue weighted by molar-refractivity contribution is 0.549. The van der Waals surface area contributed by atoms with E-state index >= 15 is 0 Å². The van der Waals surface area contributed by atoms with Gasteiger partial charge in [-0.1, -0.05) is 32.0 Å². The number of aryl methyl sites for hydroxylation is 2. The van der Waals surface area contributed by atoms with Gasteiger partial charge >= 0.3 is 0 Å². The molecule has 0 radical (unpaired) electrons. The lowest BCUT2D eigenvalue weighted by atomic mass is 10.0. The van der Waals surface area contributed by atoms with Gasteiger partial charge in [-0.05, 0) is 49.9 Å². The number of hydrogen-bond acceptors (Lipinski definition) is 2. The Kier molecular flexibility index (Phi) is 4.65. The van der Waals surface area contributed by atoms with Gasteiger partial charge in [-0.25, -0.2) is 0 Å². The van der Waals surface area contributed by atoms with Crippen molar-refractivity contribution in [2.75, 3.05) is 31.6 Å². The Hall–Kier alpha value is -1.02. The van der Waals surface area contributed by atoms with Crippen molar-refractivity contribution in [3.8, 4) is 0 Å². The molecule has 0 saturated carbocycles. The molecule has 18 heavy (non-hydrogen) atoms. The molecule has 1 fully saturated rings. The van der Waals surface area contributed by atoms with Crippen LogP contribution < -0.4 is 10.2 Å². The van der Waals surface area contributed by atoms with Gasteiger partial charge in [0.1, 0.15) is 0 Å². The molecule has 1 aromatic carbocycles. The summed E-state index contributed by atoms with van der Waals surface area (Å²) in [6.07, 6.45) is 3.59. The van der Waals surface area contributed by atoms with Crippen LogP contribution in [0.15, 0.2) is 18.2 Å². The van der Waals surface area contributed by atoms with Crippen molar-refractivity contribution in [1.29, 1.82) is 0 Å². The highest BCUT2D eigenvalue weighted by molar-refractivity contribution is 5.60. The molecule has 1 aliphatic rings. The Labute approximate surface area is 111 Å². The third-order valence-corrected chi connectivity index (χ3v) is 4.06. The highest BCUT2D eigenvalue weighted by Crippen LogP contribution is 2.31. The number of nitrogens with one attached hydrogen (secondary N) is 1. The van der Waals surface area contributed by atoms with E-state index in [1.165, 1.54) is 36.3 Å². The topological polar surface area (TPSA) is 15.3 Å². The number of nitrogens with zero attached hydrogens (tertiary/aromatic N) is 1. The second kappa shape index (κ2) is 6.24. The molecule has 2 nitrogen and oxygen atoms in total. The first-order valence-corrected chi connectivity index (χ1v) is 7.30. The van der Waals surface area contributed by atoms with Gasteiger partial charge in [0, 0.05) is 18.8 Å². The van der Waals surface area contributed by atoms with Crippen molar-refractivity contribution in [3.63, 3.8) is 0 Å². The summed E-state index contributed by atoms with van der Waals surface area (Å²) < 4.78 is 0. The summed E-state index contributed by atoms with van der Waals surface area (Å²) in [6.45, 7) is 8.10. The van der Waals surface area contributed by atoms with Crippen molar-refractivity contribution >= 4 is 5.69 Å². The van der Waals surface area contributed by atoms with Crippen LogP contribution in [0.2, 0.25) is 0 Å². The van der Waals surface area contributed by atoms with Crippen LogP contribution in [0.3, 0.4) is 0 Å². The summed E-state index contributed by atoms with van der Waals surface area (Å²) in [6, 6.07) is 6.79. The monoisotopic (exact) mass is 246 g/mol. The minimum Gasteiger partial charge on any atom is -0.371 e. The molecule has 1 saturated heterocycles. The number of benzene rings is 1. The third kappa shape index (κ3) is 2.69. The van der Waals surface area contributed by atoms with E-state index in [0.29, 0.717) is 0 Å². The quantitative estimate of drug-likeness (QED) is 0.859. The second-order valence-electron chi connectivity index (χ2n) is 5.29. The van der Waals surface area contributed by atoms with E-state index in [4.69, 9.17) is 0 Å². The first kappa shape index (κ1) is 13.4. The van der Waals surface area contributed by atoms with Gasteiger partial charge < -0.3 is 10.2 Å². The molecule has 1 heterocycles. The summed E-state index contributed by atoms with van der Waals surface area (Å²) in [5.41, 5.74) is 4.56. The van der Waals surface area contributed by atoms with E-state index in [1.54, 1.807) is 0 Å². The van der Waals surface area contributed by atoms with Crippen molar-refractivity contribution in [3.05, 3.63) is 29.3 Å². The van der Waals surface area contributed by atoms with Gasteiger partial charge in [-0.15, -0.1) is 0 Å². The fourth-order valence-corrected chi connectivity index (χ4v) is 3.11. The fourth-order valence-electron chi connectivity index (χ4n) is 3.11. The van der Waals surface area contributed by atoms with Crippen molar-refractivity contribution < 1.29 is 0 Å². The van der Waals surface area contributed by atoms with Gasteiger partial charge in [-0.2, -0.15) is 0 Å². The fraction of sp³-hybridized carbons (Fsp3) is 0.625. The SMILES string of the molecule is CCc1cccc(CC)c1N1CCC(CNC)C1. The Balaban J connectivity index is 2.22. The van der Waals surface area contributed by atoms with Crippen LogP contribution in [-0.2, 0) is 12.8 Å². The van der Waals surface area contributed by atoms with Crippen molar-refractivity contribution in [2.24, 2.45) is 5.92 Å². The predicted octanol–water partition coefficient (Wildman–Crippen LogP) is 2.86. The standard InChI is InChI=1S/C16H26N2/c1-4-14-7-6-8-15(5-2)16(14)18-10-9-13(12-18)11-17-3/h6-8,13,17H,4-5,9-12H2,1-3H3. The number of rotatable bonds is 5. The summed E-state index contributed by atoms with van der Waals surface area (Å²) in [7, 11) is 2.06. The van der Waals surface area contributed by atoms with Gasteiger partial charge in [0.15, 0.2) is 0 Å². The van der Waals surface area contributed by atoms with Crippen LogP contribution in [0.4, 0.5) is 5.69 Å². The molecular weight excluding hydrogens is 220 g/mol. The highest BCUT2D eigenvalue weighted by atomic mass is 15.2. The van der Waals surface area contributed by atoms with E-state index < -0.39 is 0 Å². The molecule has 0 aliphatic carbocycles. The Morgan fingerprint density at radius 1 is 1.22 bits per heavy atom. The molecule has 1 aliphatic heterocycles. The average molecular weight is 246 g/mol. The molecule has 1 aromatic rings. The van der Waals surface area contributed by atoms with Gasteiger partial charge in [-0.3, -0.25) is 0 Å². The molecular formula is C16H26N2. The minimum absolute atomic E-state index is 0.810. The molecule has 0 amide bonds. The lowest BCUT2D eigenvalue weighted by Gasteiger charge is -2.25. The van der Waals surface area contributed by atoms with Crippen LogP contribution in [0.25, 0.3) is 0 Å². The molecule has 0 spiro atoms. The smallest absolute Gasteiger partial charge is 0.0431 e. The zero-order valence-corrected chi connectivity index (χ0v) is 12.0. The van der Waals surface area contributed by atoms with E-state index in [1.807, 2.05) is 0 Å². The molecule has 2 heteroatoms. The maximum Gasteiger partial charge on any atom is 0.0431 e. The van der Waals surface area contributed by atoms with E-state index in [2.05, 4.69) is 49.3 Å². The predicted molar refractivity (Wildman–Crippen MR) is 79.4 cm³/mol. The Morgan fingerprint density at radius 2 is 1.89 bits per heavy atom. The zero-order chi connectivity index (χ0) is 13.0. The summed E-state index contributed by atoms with van der Waals surface area (Å²) in [5, 5.41) is 3.31. The molecule has 1 N–H and O–H groups in total. The van der Waals surface area contributed by atoms with Gasteiger partial charge in [0.05, 0.1) is 0 Å². The average Bonchev–Trinajstić information content (AvgIpc) is 2.86. The van der Waals surface area contributed by atoms with E-state index in [0.717, 1.165) is 25.3 Å². The van der Waals surface area contributed by atoms with Crippen LogP contribution in [0.5, 0.6) is 0 Å². The van der Waals surface area contributed by atoms with E-state index in [9.17, 15) is 0 Å². The van der Waals surface area contributed by atoms with Crippen LogP contribution in [-0.4, -0.2) is 26.7 Å². The van der Waals surface area contributed by atoms with Crippen LogP contribution in [0, 0.1) is 5.92 Å². The lowest BCUT2D eigenvalue weighted by Crippen LogP contribution is -2.25. The Morgan fingerprint density at radius 3 is 2.44 bits per heavy atom. The number of para-hydroxylation sites is 1. The largest absolute Gasteiger partial charge is 0.371 e. The van der Waals surface area contributed by atoms with Gasteiger partial charge in [0.2, 0.25) is 0 Å². The third-order valence-electron chi connectivity index (χ3n) is 4.06. The van der Waals surface area contributed by atoms with Crippen LogP contribution >= 0.6 is 0 Å². The molecule has 0 aromatic heterocycles. The van der Waals surface area contributed by atoms with Crippen molar-refractivity contribution in [2.45, 2.75) is 33.1 Å². The molecule has 100 valence electrons. The number of hydrogen-bond donors (Lipinski definition) is 1. The van der Waals surface area contributed by atoms with Crippen LogP contribution in [0.1, 0.15) is 31.4 Å². The molecule has 0 bridgehead atoms. The summed E-state index contributed by atoms with van der Waals surface area (Å²) in [4.78, 5) is 2.61. The molecule has 1 unspecified atom stereocenters. The summed E-state index contributed by atoms with van der Waals surface area (Å²) in [5.74, 6) is 0.810. The maximum atomic E-state index is 3.31. The van der Waals surface area contributed by atoms with E-state index in [-0.39, 0.29) is 0 Å². The first-order valence-electron chi connectivity index (χ1n) is 7.30. The van der Waals surface area contributed by atoms with Gasteiger partial charge in [0.25, 0.3) is 0 Å². The number of anilines is 1. The zero-order valence-electron chi connectivity index (χ0n) is 12.0. The second-order valence-corrected chi connectivity index (χ2v) is 5.29. The highest BCUT2D eigenvalue weighted by Gasteiger charge is 2.24. The maximum absolute atomic E-state index is 3.31. The molecule has 2 rings (SSSR count). The minimum atomic E-state index is 0.810. The molecule has 1 atom stereocenters. The summed E-state index contributed by atoms with van der Waals surface area (Å²) >= 11 is 0. The normalized spacial score (nSPS) is 19.5. The first-order chi connectivity index (χ1) is 8.80.